The third kappa shape index (κ3) is 5.07. The highest BCUT2D eigenvalue weighted by Crippen LogP contribution is 2.30. The molecule has 3 aromatic carbocycles. The summed E-state index contributed by atoms with van der Waals surface area (Å²) in [7, 11) is 0. The van der Waals surface area contributed by atoms with Gasteiger partial charge in [0.05, 0.1) is 10.6 Å². The summed E-state index contributed by atoms with van der Waals surface area (Å²) in [6.45, 7) is 6.92. The average molecular weight is 501 g/mol. The second-order valence-corrected chi connectivity index (χ2v) is 9.42. The number of nitriles is 1. The van der Waals surface area contributed by atoms with E-state index in [0.717, 1.165) is 28.4 Å². The molecule has 6 nitrogen and oxygen atoms in total. The fraction of sp³-hybridized carbons (Fsp3) is 0.276. The Morgan fingerprint density at radius 2 is 1.78 bits per heavy atom. The fourth-order valence-corrected chi connectivity index (χ4v) is 4.99. The van der Waals surface area contributed by atoms with E-state index in [1.165, 1.54) is 0 Å². The zero-order valence-corrected chi connectivity index (χ0v) is 21.4. The number of hydrogen-bond acceptors (Lipinski definition) is 3. The van der Waals surface area contributed by atoms with Crippen LogP contribution in [0.15, 0.2) is 60.7 Å². The van der Waals surface area contributed by atoms with Crippen LogP contribution in [0.3, 0.4) is 0 Å². The minimum Gasteiger partial charge on any atom is -0.349 e. The lowest BCUT2D eigenvalue weighted by molar-refractivity contribution is -0.117. The van der Waals surface area contributed by atoms with Gasteiger partial charge in [0.15, 0.2) is 0 Å². The molecule has 0 saturated carbocycles. The molecule has 0 radical (unpaired) electrons. The normalized spacial score (nSPS) is 12.8. The van der Waals surface area contributed by atoms with Crippen molar-refractivity contribution in [2.45, 2.75) is 46.2 Å². The number of hydrogen-bond donors (Lipinski definition) is 2. The largest absolute Gasteiger partial charge is 0.349 e. The van der Waals surface area contributed by atoms with Crippen molar-refractivity contribution in [1.29, 1.82) is 5.26 Å². The van der Waals surface area contributed by atoms with E-state index >= 15 is 0 Å². The van der Waals surface area contributed by atoms with Gasteiger partial charge in [-0.2, -0.15) is 5.26 Å². The van der Waals surface area contributed by atoms with E-state index in [-0.39, 0.29) is 30.2 Å². The molecule has 2 unspecified atom stereocenters. The first-order valence-corrected chi connectivity index (χ1v) is 12.5. The molecule has 36 heavy (non-hydrogen) atoms. The first kappa shape index (κ1) is 25.3. The third-order valence-corrected chi connectivity index (χ3v) is 6.99. The SMILES string of the molecule is CCC(NC(=O)c1ccc2c(c1)c1ccccc1n2CC)C(C)CC(=O)Nc1ccc(C#N)c(Cl)c1. The number of aryl methyl sites for hydroxylation is 1. The third-order valence-electron chi connectivity index (χ3n) is 6.67. The van der Waals surface area contributed by atoms with E-state index in [2.05, 4.69) is 34.3 Å². The van der Waals surface area contributed by atoms with E-state index in [1.807, 2.05) is 50.2 Å². The number of anilines is 1. The molecule has 2 atom stereocenters. The van der Waals surface area contributed by atoms with Crippen LogP contribution in [0.2, 0.25) is 5.02 Å². The van der Waals surface area contributed by atoms with Crippen molar-refractivity contribution in [3.8, 4) is 6.07 Å². The number of benzene rings is 3. The molecule has 184 valence electrons. The van der Waals surface area contributed by atoms with Crippen LogP contribution in [0.4, 0.5) is 5.69 Å². The zero-order chi connectivity index (χ0) is 25.8. The van der Waals surface area contributed by atoms with Gasteiger partial charge < -0.3 is 15.2 Å². The summed E-state index contributed by atoms with van der Waals surface area (Å²) in [6.07, 6.45) is 0.930. The lowest BCUT2D eigenvalue weighted by Crippen LogP contribution is -2.40. The van der Waals surface area contributed by atoms with Crippen LogP contribution in [0.5, 0.6) is 0 Å². The fourth-order valence-electron chi connectivity index (χ4n) is 4.76. The number of aromatic nitrogens is 1. The molecule has 7 heteroatoms. The maximum Gasteiger partial charge on any atom is 0.251 e. The Hall–Kier alpha value is -3.82. The highest BCUT2D eigenvalue weighted by Gasteiger charge is 2.22. The van der Waals surface area contributed by atoms with Crippen LogP contribution < -0.4 is 10.6 Å². The number of nitrogens with one attached hydrogen (secondary N) is 2. The standard InChI is InChI=1S/C29H29ClN4O2/c1-4-25(18(3)14-28(35)32-21-12-10-20(17-31)24(30)16-21)33-29(36)19-11-13-27-23(15-19)22-8-6-7-9-26(22)34(27)5-2/h6-13,15-16,18,25H,4-5,14H2,1-3H3,(H,32,35)(H,33,36). The first-order valence-electron chi connectivity index (χ1n) is 12.2. The van der Waals surface area contributed by atoms with Gasteiger partial charge in [-0.1, -0.05) is 43.6 Å². The summed E-state index contributed by atoms with van der Waals surface area (Å²) in [5, 5.41) is 17.4. The molecule has 4 aromatic rings. The van der Waals surface area contributed by atoms with Crippen LogP contribution in [0, 0.1) is 17.2 Å². The Bertz CT molecular complexity index is 1480. The molecule has 1 aromatic heterocycles. The van der Waals surface area contributed by atoms with E-state index < -0.39 is 0 Å². The van der Waals surface area contributed by atoms with Crippen LogP contribution in [0.1, 0.15) is 49.5 Å². The van der Waals surface area contributed by atoms with Gasteiger partial charge in [-0.3, -0.25) is 9.59 Å². The summed E-state index contributed by atoms with van der Waals surface area (Å²) in [4.78, 5) is 25.8. The van der Waals surface area contributed by atoms with Gasteiger partial charge in [-0.15, -0.1) is 0 Å². The van der Waals surface area contributed by atoms with Gasteiger partial charge in [0.2, 0.25) is 5.91 Å². The molecule has 4 rings (SSSR count). The van der Waals surface area contributed by atoms with Crippen LogP contribution in [0.25, 0.3) is 21.8 Å². The van der Waals surface area contributed by atoms with Gasteiger partial charge in [0.25, 0.3) is 5.91 Å². The second kappa shape index (κ2) is 10.8. The molecule has 0 aliphatic carbocycles. The summed E-state index contributed by atoms with van der Waals surface area (Å²) >= 11 is 6.06. The van der Waals surface area contributed by atoms with E-state index in [1.54, 1.807) is 18.2 Å². The smallest absolute Gasteiger partial charge is 0.251 e. The Balaban J connectivity index is 1.46. The lowest BCUT2D eigenvalue weighted by atomic mass is 9.95. The molecule has 1 heterocycles. The van der Waals surface area contributed by atoms with Gasteiger partial charge in [-0.05, 0) is 61.7 Å². The van der Waals surface area contributed by atoms with Crippen molar-refractivity contribution in [2.24, 2.45) is 5.92 Å². The lowest BCUT2D eigenvalue weighted by Gasteiger charge is -2.24. The van der Waals surface area contributed by atoms with Crippen molar-refractivity contribution >= 4 is 50.9 Å². The Labute approximate surface area is 215 Å². The quantitative estimate of drug-likeness (QED) is 0.289. The number of rotatable bonds is 8. The Morgan fingerprint density at radius 1 is 1.03 bits per heavy atom. The number of halogens is 1. The Kier molecular flexibility index (Phi) is 7.61. The van der Waals surface area contributed by atoms with Crippen molar-refractivity contribution in [2.75, 3.05) is 5.32 Å². The molecule has 0 saturated heterocycles. The van der Waals surface area contributed by atoms with Crippen molar-refractivity contribution in [3.05, 3.63) is 76.8 Å². The monoisotopic (exact) mass is 500 g/mol. The number of amides is 2. The molecule has 2 N–H and O–H groups in total. The highest BCUT2D eigenvalue weighted by atomic mass is 35.5. The average Bonchev–Trinajstić information content (AvgIpc) is 3.20. The summed E-state index contributed by atoms with van der Waals surface area (Å²) < 4.78 is 2.25. The highest BCUT2D eigenvalue weighted by molar-refractivity contribution is 6.32. The second-order valence-electron chi connectivity index (χ2n) is 9.02. The van der Waals surface area contributed by atoms with Crippen LogP contribution in [-0.4, -0.2) is 22.4 Å². The molecule has 2 amide bonds. The molecular weight excluding hydrogens is 472 g/mol. The number of para-hydroxylation sites is 1. The van der Waals surface area contributed by atoms with E-state index in [0.29, 0.717) is 28.3 Å². The first-order chi connectivity index (χ1) is 17.4. The minimum atomic E-state index is -0.176. The van der Waals surface area contributed by atoms with Gasteiger partial charge in [0.1, 0.15) is 6.07 Å². The van der Waals surface area contributed by atoms with E-state index in [4.69, 9.17) is 16.9 Å². The summed E-state index contributed by atoms with van der Waals surface area (Å²) in [5.74, 6) is -0.411. The topological polar surface area (TPSA) is 86.9 Å². The Morgan fingerprint density at radius 3 is 2.47 bits per heavy atom. The maximum atomic E-state index is 13.2. The van der Waals surface area contributed by atoms with Gasteiger partial charge in [0, 0.05) is 52.1 Å². The van der Waals surface area contributed by atoms with Crippen molar-refractivity contribution < 1.29 is 9.59 Å². The molecular formula is C29H29ClN4O2. The van der Waals surface area contributed by atoms with Crippen LogP contribution in [-0.2, 0) is 11.3 Å². The molecule has 0 bridgehead atoms. The van der Waals surface area contributed by atoms with E-state index in [9.17, 15) is 9.59 Å². The van der Waals surface area contributed by atoms with Crippen molar-refractivity contribution in [3.63, 3.8) is 0 Å². The number of carbonyl (C=O) groups is 2. The molecule has 0 spiro atoms. The van der Waals surface area contributed by atoms with Gasteiger partial charge in [-0.25, -0.2) is 0 Å². The number of carbonyl (C=O) groups excluding carboxylic acids is 2. The predicted octanol–water partition coefficient (Wildman–Crippen LogP) is 6.51. The maximum absolute atomic E-state index is 13.2. The molecule has 0 fully saturated rings. The van der Waals surface area contributed by atoms with Crippen molar-refractivity contribution in [1.82, 2.24) is 9.88 Å². The number of fused-ring (bicyclic) bond motifs is 3. The summed E-state index contributed by atoms with van der Waals surface area (Å²) in [6, 6.07) is 20.7. The summed E-state index contributed by atoms with van der Waals surface area (Å²) in [5.41, 5.74) is 3.75. The zero-order valence-electron chi connectivity index (χ0n) is 20.6. The predicted molar refractivity (Wildman–Crippen MR) is 145 cm³/mol. The molecule has 0 aliphatic heterocycles. The minimum absolute atomic E-state index is 0.0847. The molecule has 0 aliphatic rings. The number of nitrogens with zero attached hydrogens (tertiary/aromatic N) is 2. The van der Waals surface area contributed by atoms with Crippen LogP contribution >= 0.6 is 11.6 Å². The van der Waals surface area contributed by atoms with Gasteiger partial charge >= 0.3 is 0 Å².